The molecule has 15 heteroatoms. The van der Waals surface area contributed by atoms with E-state index >= 15 is 4.39 Å². The fraction of sp³-hybridized carbons (Fsp3) is 0.455. The Labute approximate surface area is 215 Å². The summed E-state index contributed by atoms with van der Waals surface area (Å²) < 4.78 is 73.1. The molecule has 202 valence electrons. The predicted octanol–water partition coefficient (Wildman–Crippen LogP) is 3.62. The van der Waals surface area contributed by atoms with E-state index in [4.69, 9.17) is 11.6 Å². The van der Waals surface area contributed by atoms with Gasteiger partial charge in [0.15, 0.2) is 0 Å². The lowest BCUT2D eigenvalue weighted by Gasteiger charge is -2.57. The van der Waals surface area contributed by atoms with Crippen molar-refractivity contribution in [1.29, 1.82) is 0 Å². The summed E-state index contributed by atoms with van der Waals surface area (Å²) in [6, 6.07) is 3.38. The lowest BCUT2D eigenvalue weighted by atomic mass is 9.88. The van der Waals surface area contributed by atoms with E-state index in [0.29, 0.717) is 0 Å². The van der Waals surface area contributed by atoms with Crippen molar-refractivity contribution in [1.82, 2.24) is 20.0 Å². The number of nitrogens with one attached hydrogen (secondary N) is 3. The number of anilines is 1. The Kier molecular flexibility index (Phi) is 6.74. The van der Waals surface area contributed by atoms with Crippen LogP contribution < -0.4 is 15.4 Å². The molecule has 0 aliphatic carbocycles. The second kappa shape index (κ2) is 9.17. The van der Waals surface area contributed by atoms with Crippen LogP contribution in [0.1, 0.15) is 38.6 Å². The fourth-order valence-corrected chi connectivity index (χ4v) is 8.62. The quantitative estimate of drug-likeness (QED) is 0.285. The molecule has 2 aromatic heterocycles. The number of pyridine rings is 2. The van der Waals surface area contributed by atoms with Gasteiger partial charge in [-0.15, -0.1) is 0 Å². The summed E-state index contributed by atoms with van der Waals surface area (Å²) >= 11 is 5.99. The number of hydrogen-bond donors (Lipinski definition) is 5. The van der Waals surface area contributed by atoms with E-state index in [1.54, 1.807) is 0 Å². The molecule has 0 radical (unpaired) electrons. The number of carboxylic acid groups (broad SMARTS) is 1. The van der Waals surface area contributed by atoms with E-state index in [1.165, 1.54) is 26.8 Å². The zero-order valence-electron chi connectivity index (χ0n) is 20.0. The molecule has 37 heavy (non-hydrogen) atoms. The molecule has 2 aromatic rings. The zero-order chi connectivity index (χ0) is 27.4. The Hall–Kier alpha value is -2.84. The Morgan fingerprint density at radius 1 is 1.30 bits per heavy atom. The molecule has 0 spiro atoms. The van der Waals surface area contributed by atoms with Gasteiger partial charge in [0.2, 0.25) is 0 Å². The minimum atomic E-state index is -3.89. The van der Waals surface area contributed by atoms with E-state index in [2.05, 4.69) is 30.3 Å². The standard InChI is InChI=1S/C22H25ClF4N6O3S/c1-20(2)18(32-19(34)35)33-21(3,15-7-22(26,27)10-30-37(15,20)36)17-13(25)4-5-16(31-17)29-9-14-12(23)6-11(24)8-28-14/h4-6,8,15,37H,7,9-10H2,1-3H3,(H,29,31)(H,30,36)(H,32,33)(H,34,35)/t15-,21+/m1/s1. The zero-order valence-corrected chi connectivity index (χ0v) is 21.6. The minimum Gasteiger partial charge on any atom is -0.465 e. The van der Waals surface area contributed by atoms with Crippen LogP contribution >= 0.6 is 11.6 Å². The van der Waals surface area contributed by atoms with Gasteiger partial charge in [-0.3, -0.25) is 24.2 Å². The number of amidine groups is 1. The Morgan fingerprint density at radius 3 is 2.65 bits per heavy atom. The van der Waals surface area contributed by atoms with Crippen LogP contribution in [0.4, 0.5) is 28.2 Å². The highest BCUT2D eigenvalue weighted by Crippen LogP contribution is 2.50. The van der Waals surface area contributed by atoms with Gasteiger partial charge in [-0.25, -0.2) is 27.3 Å². The third-order valence-electron chi connectivity index (χ3n) is 6.78. The molecule has 4 rings (SSSR count). The summed E-state index contributed by atoms with van der Waals surface area (Å²) in [5.74, 6) is -5.00. The van der Waals surface area contributed by atoms with Crippen molar-refractivity contribution in [3.05, 3.63) is 52.4 Å². The first-order valence-electron chi connectivity index (χ1n) is 11.1. The van der Waals surface area contributed by atoms with Crippen molar-refractivity contribution < 1.29 is 31.7 Å². The SMILES string of the molecule is CC1(C)C(NC(=O)O)=N[C@](C)(c2nc(NCc3ncc(F)cc3Cl)ccc2F)[C@H]2CC(F)(F)CN[SH]21=O. The molecule has 1 fully saturated rings. The fourth-order valence-electron chi connectivity index (χ4n) is 4.70. The van der Waals surface area contributed by atoms with E-state index in [0.717, 1.165) is 18.3 Å². The van der Waals surface area contributed by atoms with Gasteiger partial charge in [0.1, 0.15) is 34.5 Å². The van der Waals surface area contributed by atoms with Gasteiger partial charge in [0.05, 0.1) is 40.0 Å². The number of rotatable bonds is 4. The van der Waals surface area contributed by atoms with Crippen molar-refractivity contribution in [2.24, 2.45) is 4.99 Å². The molecular formula is C22H25ClF4N6O3S. The summed E-state index contributed by atoms with van der Waals surface area (Å²) in [4.78, 5) is 24.0. The number of nitrogens with zero attached hydrogens (tertiary/aromatic N) is 3. The van der Waals surface area contributed by atoms with Crippen LogP contribution in [-0.2, 0) is 22.2 Å². The monoisotopic (exact) mass is 564 g/mol. The number of aromatic nitrogens is 2. The molecule has 0 aromatic carbocycles. The summed E-state index contributed by atoms with van der Waals surface area (Å²) in [5, 5.41) is 13.0. The Morgan fingerprint density at radius 2 is 2.00 bits per heavy atom. The highest BCUT2D eigenvalue weighted by molar-refractivity contribution is 8.04. The second-order valence-corrected chi connectivity index (χ2v) is 13.4. The van der Waals surface area contributed by atoms with E-state index < -0.39 is 68.0 Å². The maximum Gasteiger partial charge on any atom is 0.410 e. The number of hydrogen-bond acceptors (Lipinski definition) is 6. The summed E-state index contributed by atoms with van der Waals surface area (Å²) in [7, 11) is -3.89. The van der Waals surface area contributed by atoms with E-state index in [-0.39, 0.29) is 28.9 Å². The Balaban J connectivity index is 1.81. The van der Waals surface area contributed by atoms with Crippen LogP contribution in [-0.4, -0.2) is 53.7 Å². The highest BCUT2D eigenvalue weighted by Gasteiger charge is 2.62. The number of aliphatic imine (C=N–C) groups is 1. The molecule has 2 aliphatic heterocycles. The van der Waals surface area contributed by atoms with Gasteiger partial charge in [-0.1, -0.05) is 11.6 Å². The molecule has 0 bridgehead atoms. The maximum atomic E-state index is 15.3. The molecular weight excluding hydrogens is 540 g/mol. The van der Waals surface area contributed by atoms with Gasteiger partial charge in [0, 0.05) is 6.42 Å². The number of amides is 1. The van der Waals surface area contributed by atoms with Crippen LogP contribution in [0.2, 0.25) is 5.02 Å². The number of halogens is 5. The topological polar surface area (TPSA) is 129 Å². The first-order chi connectivity index (χ1) is 17.1. The molecule has 2 aliphatic rings. The number of fused-ring (bicyclic) bond motifs is 1. The van der Waals surface area contributed by atoms with Crippen molar-refractivity contribution in [3.63, 3.8) is 0 Å². The van der Waals surface area contributed by atoms with E-state index in [9.17, 15) is 27.3 Å². The normalized spacial score (nSPS) is 26.4. The molecule has 4 heterocycles. The van der Waals surface area contributed by atoms with Gasteiger partial charge < -0.3 is 10.4 Å². The van der Waals surface area contributed by atoms with Gasteiger partial charge >= 0.3 is 6.09 Å². The van der Waals surface area contributed by atoms with Crippen molar-refractivity contribution in [3.8, 4) is 0 Å². The summed E-state index contributed by atoms with van der Waals surface area (Å²) in [6.07, 6.45) is -1.42. The predicted molar refractivity (Wildman–Crippen MR) is 132 cm³/mol. The average molecular weight is 565 g/mol. The van der Waals surface area contributed by atoms with Crippen molar-refractivity contribution in [2.75, 3.05) is 11.9 Å². The van der Waals surface area contributed by atoms with Crippen LogP contribution in [0.15, 0.2) is 29.4 Å². The summed E-state index contributed by atoms with van der Waals surface area (Å²) in [6.45, 7) is 3.26. The van der Waals surface area contributed by atoms with Gasteiger partial charge in [-0.2, -0.15) is 0 Å². The van der Waals surface area contributed by atoms with Crippen LogP contribution in [0.3, 0.4) is 0 Å². The molecule has 4 N–H and O–H groups in total. The molecule has 1 amide bonds. The maximum absolute atomic E-state index is 15.3. The van der Waals surface area contributed by atoms with Crippen LogP contribution in [0.5, 0.6) is 0 Å². The lowest BCUT2D eigenvalue weighted by Crippen LogP contribution is -2.73. The van der Waals surface area contributed by atoms with Gasteiger partial charge in [0.25, 0.3) is 5.92 Å². The smallest absolute Gasteiger partial charge is 0.410 e. The largest absolute Gasteiger partial charge is 0.465 e. The molecule has 1 saturated heterocycles. The third-order valence-corrected chi connectivity index (χ3v) is 11.2. The molecule has 0 saturated carbocycles. The van der Waals surface area contributed by atoms with Crippen LogP contribution in [0.25, 0.3) is 0 Å². The van der Waals surface area contributed by atoms with Crippen LogP contribution in [0, 0.1) is 11.6 Å². The minimum absolute atomic E-state index is 0.0302. The summed E-state index contributed by atoms with van der Waals surface area (Å²) in [5.41, 5.74) is -2.07. The number of carbonyl (C=O) groups is 1. The Bertz CT molecular complexity index is 1340. The molecule has 9 nitrogen and oxygen atoms in total. The molecule has 2 atom stereocenters. The first kappa shape index (κ1) is 27.2. The van der Waals surface area contributed by atoms with E-state index in [1.807, 2.05) is 0 Å². The highest BCUT2D eigenvalue weighted by atomic mass is 35.5. The van der Waals surface area contributed by atoms with Crippen molar-refractivity contribution in [2.45, 2.75) is 55.2 Å². The van der Waals surface area contributed by atoms with Crippen molar-refractivity contribution >= 4 is 39.5 Å². The van der Waals surface area contributed by atoms with Gasteiger partial charge in [-0.05, 0) is 49.1 Å². The molecule has 0 unspecified atom stereocenters. The first-order valence-corrected chi connectivity index (χ1v) is 13.3. The average Bonchev–Trinajstić information content (AvgIpc) is 2.79. The third kappa shape index (κ3) is 4.77. The number of alkyl halides is 2. The number of thiol groups is 1. The second-order valence-electron chi connectivity index (χ2n) is 9.63. The lowest BCUT2D eigenvalue weighted by molar-refractivity contribution is -0.0139.